The first kappa shape index (κ1) is 17.4. The Morgan fingerprint density at radius 2 is 1.88 bits per heavy atom. The number of ether oxygens (including phenoxy) is 1. The van der Waals surface area contributed by atoms with Crippen LogP contribution < -0.4 is 0 Å². The Balaban J connectivity index is 1.90. The molecule has 0 saturated carbocycles. The number of rotatable bonds is 5. The molecule has 2 fully saturated rings. The maximum absolute atomic E-state index is 12.8. The first-order valence-electron chi connectivity index (χ1n) is 9.17. The van der Waals surface area contributed by atoms with Gasteiger partial charge in [-0.3, -0.25) is 4.79 Å². The molecule has 1 amide bonds. The van der Waals surface area contributed by atoms with Crippen LogP contribution in [0.25, 0.3) is 0 Å². The first-order valence-corrected chi connectivity index (χ1v) is 9.17. The molecule has 0 bridgehead atoms. The highest BCUT2D eigenvalue weighted by Gasteiger charge is 2.53. The highest BCUT2D eigenvalue weighted by atomic mass is 16.5. The minimum absolute atomic E-state index is 0.0393. The Labute approximate surface area is 145 Å². The molecule has 0 N–H and O–H groups in total. The predicted octanol–water partition coefficient (Wildman–Crippen LogP) is 2.89. The molecule has 132 valence electrons. The molecule has 3 rings (SSSR count). The van der Waals surface area contributed by atoms with Crippen molar-refractivity contribution >= 4 is 5.91 Å². The largest absolute Gasteiger partial charge is 0.383 e. The van der Waals surface area contributed by atoms with Crippen LogP contribution in [0.5, 0.6) is 0 Å². The van der Waals surface area contributed by atoms with Gasteiger partial charge in [-0.25, -0.2) is 0 Å². The van der Waals surface area contributed by atoms with Gasteiger partial charge in [0.15, 0.2) is 0 Å². The van der Waals surface area contributed by atoms with Gasteiger partial charge in [0.1, 0.15) is 0 Å². The van der Waals surface area contributed by atoms with Crippen molar-refractivity contribution in [2.24, 2.45) is 0 Å². The molecule has 0 aliphatic carbocycles. The molecular formula is C20H30N2O2. The van der Waals surface area contributed by atoms with Crippen LogP contribution in [0.1, 0.15) is 44.6 Å². The number of carbonyl (C=O) groups excluding carboxylic acids is 1. The molecule has 1 unspecified atom stereocenters. The summed E-state index contributed by atoms with van der Waals surface area (Å²) in [5.41, 5.74) is 1.27. The Bertz CT molecular complexity index is 550. The second-order valence-electron chi connectivity index (χ2n) is 7.44. The van der Waals surface area contributed by atoms with E-state index in [0.29, 0.717) is 37.4 Å². The number of amides is 1. The minimum atomic E-state index is -0.0393. The molecule has 1 aromatic carbocycles. The molecule has 4 nitrogen and oxygen atoms in total. The standard InChI is InChI=1S/C20H30N2O2/c1-16(2)21-11-9-20(10-12-21)18(17-7-5-4-6-8-17)15-19(23)22(20)13-14-24-3/h4-8,16,18H,9-15H2,1-3H3. The summed E-state index contributed by atoms with van der Waals surface area (Å²) in [6.45, 7) is 7.98. The number of benzene rings is 1. The number of hydrogen-bond acceptors (Lipinski definition) is 3. The lowest BCUT2D eigenvalue weighted by atomic mass is 9.73. The molecule has 24 heavy (non-hydrogen) atoms. The third kappa shape index (κ3) is 3.09. The van der Waals surface area contributed by atoms with E-state index in [-0.39, 0.29) is 5.54 Å². The molecule has 4 heteroatoms. The Kier molecular flexibility index (Phi) is 5.26. The quantitative estimate of drug-likeness (QED) is 0.832. The van der Waals surface area contributed by atoms with Crippen LogP contribution in [-0.4, -0.2) is 60.6 Å². The average molecular weight is 330 g/mol. The van der Waals surface area contributed by atoms with Gasteiger partial charge < -0.3 is 14.5 Å². The maximum atomic E-state index is 12.8. The molecule has 1 aromatic rings. The lowest BCUT2D eigenvalue weighted by Crippen LogP contribution is -2.57. The SMILES string of the molecule is COCCN1C(=O)CC(c2ccccc2)C12CCN(C(C)C)CC2. The first-order chi connectivity index (χ1) is 11.6. The van der Waals surface area contributed by atoms with Crippen molar-refractivity contribution in [2.45, 2.75) is 50.6 Å². The van der Waals surface area contributed by atoms with E-state index in [2.05, 4.69) is 54.0 Å². The second kappa shape index (κ2) is 7.24. The summed E-state index contributed by atoms with van der Waals surface area (Å²) in [6.07, 6.45) is 2.75. The van der Waals surface area contributed by atoms with E-state index in [1.54, 1.807) is 7.11 Å². The number of hydrogen-bond donors (Lipinski definition) is 0. The summed E-state index contributed by atoms with van der Waals surface area (Å²) >= 11 is 0. The molecule has 1 atom stereocenters. The number of piperidine rings is 1. The van der Waals surface area contributed by atoms with Crippen molar-refractivity contribution in [1.29, 1.82) is 0 Å². The van der Waals surface area contributed by atoms with Gasteiger partial charge in [-0.05, 0) is 32.3 Å². The lowest BCUT2D eigenvalue weighted by Gasteiger charge is -2.49. The summed E-state index contributed by atoms with van der Waals surface area (Å²) < 4.78 is 5.28. The summed E-state index contributed by atoms with van der Waals surface area (Å²) in [5.74, 6) is 0.594. The average Bonchev–Trinajstić information content (AvgIpc) is 2.86. The number of methoxy groups -OCH3 is 1. The number of likely N-dealkylation sites (tertiary alicyclic amines) is 2. The van der Waals surface area contributed by atoms with Crippen LogP contribution >= 0.6 is 0 Å². The van der Waals surface area contributed by atoms with E-state index in [1.807, 2.05) is 0 Å². The van der Waals surface area contributed by atoms with Gasteiger partial charge in [0.05, 0.1) is 12.1 Å². The van der Waals surface area contributed by atoms with Gasteiger partial charge in [-0.1, -0.05) is 30.3 Å². The summed E-state index contributed by atoms with van der Waals surface area (Å²) in [4.78, 5) is 17.5. The van der Waals surface area contributed by atoms with E-state index in [0.717, 1.165) is 25.9 Å². The van der Waals surface area contributed by atoms with E-state index < -0.39 is 0 Å². The van der Waals surface area contributed by atoms with Crippen molar-refractivity contribution in [3.63, 3.8) is 0 Å². The Morgan fingerprint density at radius 1 is 1.21 bits per heavy atom. The zero-order valence-electron chi connectivity index (χ0n) is 15.2. The summed E-state index contributed by atoms with van der Waals surface area (Å²) in [7, 11) is 1.71. The van der Waals surface area contributed by atoms with E-state index in [9.17, 15) is 4.79 Å². The van der Waals surface area contributed by atoms with Gasteiger partial charge in [0.2, 0.25) is 5.91 Å². The number of nitrogens with zero attached hydrogens (tertiary/aromatic N) is 2. The molecular weight excluding hydrogens is 300 g/mol. The second-order valence-corrected chi connectivity index (χ2v) is 7.44. The van der Waals surface area contributed by atoms with Crippen molar-refractivity contribution in [2.75, 3.05) is 33.4 Å². The molecule has 2 heterocycles. The van der Waals surface area contributed by atoms with Crippen LogP contribution in [0, 0.1) is 0 Å². The van der Waals surface area contributed by atoms with Gasteiger partial charge in [-0.2, -0.15) is 0 Å². The third-order valence-electron chi connectivity index (χ3n) is 5.98. The summed E-state index contributed by atoms with van der Waals surface area (Å²) in [5, 5.41) is 0. The maximum Gasteiger partial charge on any atom is 0.223 e. The molecule has 0 aromatic heterocycles. The van der Waals surface area contributed by atoms with Crippen molar-refractivity contribution < 1.29 is 9.53 Å². The Hall–Kier alpha value is -1.39. The normalized spacial score (nSPS) is 24.2. The van der Waals surface area contributed by atoms with E-state index in [1.165, 1.54) is 5.56 Å². The minimum Gasteiger partial charge on any atom is -0.383 e. The van der Waals surface area contributed by atoms with Crippen LogP contribution in [0.15, 0.2) is 30.3 Å². The van der Waals surface area contributed by atoms with Gasteiger partial charge in [0.25, 0.3) is 0 Å². The fourth-order valence-corrected chi connectivity index (χ4v) is 4.60. The third-order valence-corrected chi connectivity index (χ3v) is 5.98. The zero-order chi connectivity index (χ0) is 17.2. The topological polar surface area (TPSA) is 32.8 Å². The highest BCUT2D eigenvalue weighted by Crippen LogP contribution is 2.48. The van der Waals surface area contributed by atoms with Crippen molar-refractivity contribution in [3.8, 4) is 0 Å². The molecule has 0 radical (unpaired) electrons. The monoisotopic (exact) mass is 330 g/mol. The zero-order valence-corrected chi connectivity index (χ0v) is 15.2. The lowest BCUT2D eigenvalue weighted by molar-refractivity contribution is -0.133. The number of carbonyl (C=O) groups is 1. The van der Waals surface area contributed by atoms with Crippen LogP contribution in [0.2, 0.25) is 0 Å². The molecule has 2 aliphatic rings. The molecule has 2 aliphatic heterocycles. The Morgan fingerprint density at radius 3 is 2.46 bits per heavy atom. The van der Waals surface area contributed by atoms with Gasteiger partial charge >= 0.3 is 0 Å². The highest BCUT2D eigenvalue weighted by molar-refractivity contribution is 5.81. The summed E-state index contributed by atoms with van der Waals surface area (Å²) in [6, 6.07) is 11.2. The van der Waals surface area contributed by atoms with E-state index >= 15 is 0 Å². The van der Waals surface area contributed by atoms with Crippen LogP contribution in [0.3, 0.4) is 0 Å². The molecule has 1 spiro atoms. The molecule has 2 saturated heterocycles. The van der Waals surface area contributed by atoms with Gasteiger partial charge in [0, 0.05) is 45.1 Å². The van der Waals surface area contributed by atoms with Crippen LogP contribution in [-0.2, 0) is 9.53 Å². The van der Waals surface area contributed by atoms with E-state index in [4.69, 9.17) is 4.74 Å². The fourth-order valence-electron chi connectivity index (χ4n) is 4.60. The van der Waals surface area contributed by atoms with Gasteiger partial charge in [-0.15, -0.1) is 0 Å². The fraction of sp³-hybridized carbons (Fsp3) is 0.650. The van der Waals surface area contributed by atoms with Crippen molar-refractivity contribution in [3.05, 3.63) is 35.9 Å². The predicted molar refractivity (Wildman–Crippen MR) is 96.1 cm³/mol. The van der Waals surface area contributed by atoms with Crippen molar-refractivity contribution in [1.82, 2.24) is 9.80 Å². The smallest absolute Gasteiger partial charge is 0.223 e. The van der Waals surface area contributed by atoms with Crippen LogP contribution in [0.4, 0.5) is 0 Å².